The van der Waals surface area contributed by atoms with Gasteiger partial charge in [-0.2, -0.15) is 0 Å². The molecule has 36 heavy (non-hydrogen) atoms. The number of methoxy groups -OCH3 is 1. The third-order valence-corrected chi connectivity index (χ3v) is 8.62. The Morgan fingerprint density at radius 3 is 2.47 bits per heavy atom. The molecule has 194 valence electrons. The van der Waals surface area contributed by atoms with Gasteiger partial charge in [0.05, 0.1) is 23.2 Å². The van der Waals surface area contributed by atoms with Crippen molar-refractivity contribution < 1.29 is 19.1 Å². The van der Waals surface area contributed by atoms with E-state index >= 15 is 0 Å². The van der Waals surface area contributed by atoms with Gasteiger partial charge in [-0.15, -0.1) is 0 Å². The molecule has 0 unspecified atom stereocenters. The van der Waals surface area contributed by atoms with E-state index in [9.17, 15) is 14.4 Å². The molecule has 1 aromatic carbocycles. The maximum atomic E-state index is 13.8. The van der Waals surface area contributed by atoms with E-state index in [0.29, 0.717) is 36.0 Å². The lowest BCUT2D eigenvalue weighted by Gasteiger charge is -2.47. The minimum atomic E-state index is -0.557. The Morgan fingerprint density at radius 1 is 1.22 bits per heavy atom. The maximum Gasteiger partial charge on any atom is 0.258 e. The highest BCUT2D eigenvalue weighted by Gasteiger charge is 2.39. The Bertz CT molecular complexity index is 1110. The van der Waals surface area contributed by atoms with Gasteiger partial charge >= 0.3 is 0 Å². The SMILES string of the molecule is C=CC(=O)N1CCN(C(=O)c2cc(S/C(=C/C)SC(=C)NC(=O)C3CC3)c(C)cc2OC)C(C)(C)C1. The van der Waals surface area contributed by atoms with Gasteiger partial charge in [0.25, 0.3) is 5.91 Å². The maximum absolute atomic E-state index is 13.8. The smallest absolute Gasteiger partial charge is 0.258 e. The average Bonchev–Trinajstić information content (AvgIpc) is 3.68. The van der Waals surface area contributed by atoms with Crippen molar-refractivity contribution in [1.29, 1.82) is 0 Å². The number of nitrogens with zero attached hydrogens (tertiary/aromatic N) is 2. The van der Waals surface area contributed by atoms with Crippen LogP contribution in [0.2, 0.25) is 0 Å². The molecule has 0 spiro atoms. The quantitative estimate of drug-likeness (QED) is 0.361. The molecule has 0 radical (unpaired) electrons. The van der Waals surface area contributed by atoms with Gasteiger partial charge < -0.3 is 19.9 Å². The topological polar surface area (TPSA) is 79.0 Å². The molecule has 1 saturated heterocycles. The van der Waals surface area contributed by atoms with Crippen molar-refractivity contribution in [3.05, 3.63) is 57.8 Å². The van der Waals surface area contributed by atoms with E-state index in [0.717, 1.165) is 27.5 Å². The number of amides is 3. The van der Waals surface area contributed by atoms with Crippen LogP contribution in [0.4, 0.5) is 0 Å². The molecule has 9 heteroatoms. The van der Waals surface area contributed by atoms with Crippen LogP contribution in [0.5, 0.6) is 5.75 Å². The molecule has 1 aliphatic carbocycles. The molecule has 1 saturated carbocycles. The lowest BCUT2D eigenvalue weighted by Crippen LogP contribution is -2.61. The van der Waals surface area contributed by atoms with E-state index in [1.165, 1.54) is 29.6 Å². The van der Waals surface area contributed by atoms with Gasteiger partial charge in [0.15, 0.2) is 0 Å². The number of rotatable bonds is 9. The highest BCUT2D eigenvalue weighted by atomic mass is 32.2. The first-order chi connectivity index (χ1) is 17.0. The van der Waals surface area contributed by atoms with Crippen molar-refractivity contribution in [2.45, 2.75) is 51.0 Å². The summed E-state index contributed by atoms with van der Waals surface area (Å²) in [5, 5.41) is 3.47. The van der Waals surface area contributed by atoms with Gasteiger partial charge in [-0.3, -0.25) is 14.4 Å². The molecule has 0 atom stereocenters. The van der Waals surface area contributed by atoms with E-state index in [4.69, 9.17) is 4.74 Å². The monoisotopic (exact) mass is 529 g/mol. The number of ether oxygens (including phenoxy) is 1. The van der Waals surface area contributed by atoms with Crippen LogP contribution < -0.4 is 10.1 Å². The number of nitrogens with one attached hydrogen (secondary N) is 1. The summed E-state index contributed by atoms with van der Waals surface area (Å²) in [6.07, 6.45) is 5.15. The van der Waals surface area contributed by atoms with Gasteiger partial charge in [0, 0.05) is 34.7 Å². The molecule has 2 fully saturated rings. The van der Waals surface area contributed by atoms with Crippen LogP contribution in [0.1, 0.15) is 49.5 Å². The number of thioether (sulfide) groups is 2. The van der Waals surface area contributed by atoms with Gasteiger partial charge in [0.1, 0.15) is 5.75 Å². The Kier molecular flexibility index (Phi) is 9.00. The number of hydrogen-bond donors (Lipinski definition) is 1. The summed E-state index contributed by atoms with van der Waals surface area (Å²) in [5.41, 5.74) is 0.893. The number of aryl methyl sites for hydroxylation is 1. The number of piperazine rings is 1. The van der Waals surface area contributed by atoms with E-state index in [1.54, 1.807) is 12.0 Å². The van der Waals surface area contributed by atoms with Crippen molar-refractivity contribution in [2.75, 3.05) is 26.7 Å². The minimum Gasteiger partial charge on any atom is -0.496 e. The van der Waals surface area contributed by atoms with E-state index < -0.39 is 5.54 Å². The number of carbonyl (C=O) groups excluding carboxylic acids is 3. The van der Waals surface area contributed by atoms with Gasteiger partial charge in [-0.05, 0) is 64.3 Å². The molecular formula is C27H35N3O4S2. The summed E-state index contributed by atoms with van der Waals surface area (Å²) in [6.45, 7) is 16.7. The second kappa shape index (κ2) is 11.6. The summed E-state index contributed by atoms with van der Waals surface area (Å²) in [6, 6.07) is 3.75. The fourth-order valence-corrected chi connectivity index (χ4v) is 6.06. The highest BCUT2D eigenvalue weighted by Crippen LogP contribution is 2.41. The molecule has 7 nitrogen and oxygen atoms in total. The molecular weight excluding hydrogens is 494 g/mol. The third-order valence-electron chi connectivity index (χ3n) is 6.24. The molecule has 3 rings (SSSR count). The minimum absolute atomic E-state index is 0.0268. The van der Waals surface area contributed by atoms with Crippen LogP contribution in [0.25, 0.3) is 0 Å². The zero-order valence-electron chi connectivity index (χ0n) is 21.7. The fraction of sp³-hybridized carbons (Fsp3) is 0.444. The fourth-order valence-electron chi connectivity index (χ4n) is 4.08. The zero-order chi connectivity index (χ0) is 26.6. The van der Waals surface area contributed by atoms with E-state index in [2.05, 4.69) is 18.5 Å². The van der Waals surface area contributed by atoms with Crippen molar-refractivity contribution >= 4 is 41.2 Å². The van der Waals surface area contributed by atoms with Crippen LogP contribution >= 0.6 is 23.5 Å². The summed E-state index contributed by atoms with van der Waals surface area (Å²) in [7, 11) is 1.56. The van der Waals surface area contributed by atoms with Crippen LogP contribution in [-0.2, 0) is 9.59 Å². The Morgan fingerprint density at radius 2 is 1.92 bits per heavy atom. The first kappa shape index (κ1) is 27.9. The molecule has 1 N–H and O–H groups in total. The van der Waals surface area contributed by atoms with Crippen LogP contribution in [0.3, 0.4) is 0 Å². The Balaban J connectivity index is 1.80. The number of carbonyl (C=O) groups is 3. The number of hydrogen-bond acceptors (Lipinski definition) is 6. The van der Waals surface area contributed by atoms with Crippen LogP contribution in [0.15, 0.2) is 51.6 Å². The van der Waals surface area contributed by atoms with Gasteiger partial charge in [0.2, 0.25) is 11.8 Å². The number of allylic oxidation sites excluding steroid dienone is 1. The first-order valence-electron chi connectivity index (χ1n) is 11.9. The molecule has 1 heterocycles. The molecule has 1 aromatic rings. The average molecular weight is 530 g/mol. The second-order valence-corrected chi connectivity index (χ2v) is 12.0. The Hall–Kier alpha value is -2.65. The Labute approximate surface area is 222 Å². The van der Waals surface area contributed by atoms with Crippen molar-refractivity contribution in [2.24, 2.45) is 5.92 Å². The first-order valence-corrected chi connectivity index (χ1v) is 13.6. The van der Waals surface area contributed by atoms with Gasteiger partial charge in [-0.1, -0.05) is 42.8 Å². The standard InChI is InChI=1S/C27H35N3O4S2/c1-8-23(31)29-12-13-30(27(5,6)16-29)26(33)20-15-22(17(3)14-21(20)34-7)36-24(9-2)35-18(4)28-25(32)19-10-11-19/h8-9,14-15,19H,1,4,10-13,16H2,2-3,5-7H3,(H,28,32)/b24-9+. The summed E-state index contributed by atoms with van der Waals surface area (Å²) in [5.74, 6) is 0.382. The molecule has 3 amide bonds. The molecule has 2 aliphatic rings. The summed E-state index contributed by atoms with van der Waals surface area (Å²) in [4.78, 5) is 42.4. The lowest BCUT2D eigenvalue weighted by atomic mass is 9.96. The summed E-state index contributed by atoms with van der Waals surface area (Å²) < 4.78 is 6.53. The second-order valence-electron chi connectivity index (χ2n) is 9.55. The van der Waals surface area contributed by atoms with E-state index in [1.807, 2.05) is 50.8 Å². The zero-order valence-corrected chi connectivity index (χ0v) is 23.3. The van der Waals surface area contributed by atoms with Gasteiger partial charge in [-0.25, -0.2) is 0 Å². The summed E-state index contributed by atoms with van der Waals surface area (Å²) >= 11 is 2.93. The lowest BCUT2D eigenvalue weighted by molar-refractivity contribution is -0.130. The normalized spacial score (nSPS) is 17.4. The van der Waals surface area contributed by atoms with E-state index in [-0.39, 0.29) is 23.6 Å². The molecule has 1 aliphatic heterocycles. The van der Waals surface area contributed by atoms with Crippen molar-refractivity contribution in [3.63, 3.8) is 0 Å². The van der Waals surface area contributed by atoms with Crippen LogP contribution in [0, 0.1) is 12.8 Å². The predicted octanol–water partition coefficient (Wildman–Crippen LogP) is 4.94. The highest BCUT2D eigenvalue weighted by molar-refractivity contribution is 8.24. The predicted molar refractivity (Wildman–Crippen MR) is 147 cm³/mol. The number of benzene rings is 1. The third kappa shape index (κ3) is 6.56. The molecule has 0 aromatic heterocycles. The van der Waals surface area contributed by atoms with Crippen molar-refractivity contribution in [3.8, 4) is 5.75 Å². The largest absolute Gasteiger partial charge is 0.496 e. The van der Waals surface area contributed by atoms with Crippen LogP contribution in [-0.4, -0.2) is 59.8 Å². The molecule has 0 bridgehead atoms. The van der Waals surface area contributed by atoms with Crippen molar-refractivity contribution in [1.82, 2.24) is 15.1 Å².